The molecule has 6 nitrogen and oxygen atoms in total. The first-order chi connectivity index (χ1) is 9.24. The number of aromatic nitrogens is 2. The summed E-state index contributed by atoms with van der Waals surface area (Å²) in [5.74, 6) is 1.16. The van der Waals surface area contributed by atoms with E-state index in [9.17, 15) is 10.1 Å². The van der Waals surface area contributed by atoms with Crippen molar-refractivity contribution in [3.05, 3.63) is 58.9 Å². The molecule has 0 radical (unpaired) electrons. The van der Waals surface area contributed by atoms with E-state index in [2.05, 4.69) is 9.97 Å². The molecule has 0 bridgehead atoms. The van der Waals surface area contributed by atoms with Gasteiger partial charge in [-0.1, -0.05) is 0 Å². The second-order valence-electron chi connectivity index (χ2n) is 3.90. The smallest absolute Gasteiger partial charge is 0.269 e. The highest BCUT2D eigenvalue weighted by molar-refractivity contribution is 5.81. The van der Waals surface area contributed by atoms with Crippen molar-refractivity contribution in [1.82, 2.24) is 9.97 Å². The van der Waals surface area contributed by atoms with Gasteiger partial charge in [-0.05, 0) is 18.2 Å². The van der Waals surface area contributed by atoms with Crippen molar-refractivity contribution in [3.8, 4) is 11.5 Å². The number of aromatic amines is 1. The van der Waals surface area contributed by atoms with Crippen molar-refractivity contribution in [2.75, 3.05) is 0 Å². The standard InChI is InChI=1S/C13H9N3O3/c17-16(18)9-1-3-10(4-2-9)19-12-6-8-14-11-5-7-15-13(11)12/h1-8,15H. The molecule has 0 aliphatic carbocycles. The van der Waals surface area contributed by atoms with Gasteiger partial charge < -0.3 is 9.72 Å². The van der Waals surface area contributed by atoms with E-state index in [-0.39, 0.29) is 5.69 Å². The van der Waals surface area contributed by atoms with Crippen LogP contribution in [-0.4, -0.2) is 14.9 Å². The third-order valence-electron chi connectivity index (χ3n) is 2.69. The lowest BCUT2D eigenvalue weighted by atomic mass is 10.3. The van der Waals surface area contributed by atoms with Gasteiger partial charge in [0.2, 0.25) is 0 Å². The highest BCUT2D eigenvalue weighted by Gasteiger charge is 2.07. The van der Waals surface area contributed by atoms with E-state index in [0.29, 0.717) is 11.5 Å². The van der Waals surface area contributed by atoms with Gasteiger partial charge in [0.05, 0.1) is 10.4 Å². The summed E-state index contributed by atoms with van der Waals surface area (Å²) in [5.41, 5.74) is 1.63. The number of ether oxygens (including phenoxy) is 1. The fourth-order valence-corrected chi connectivity index (χ4v) is 1.78. The van der Waals surface area contributed by atoms with Gasteiger partial charge in [-0.25, -0.2) is 0 Å². The Hall–Kier alpha value is -2.89. The number of fused-ring (bicyclic) bond motifs is 1. The largest absolute Gasteiger partial charge is 0.455 e. The molecule has 94 valence electrons. The number of pyridine rings is 1. The summed E-state index contributed by atoms with van der Waals surface area (Å²) < 4.78 is 5.69. The normalized spacial score (nSPS) is 10.5. The third kappa shape index (κ3) is 2.11. The van der Waals surface area contributed by atoms with Crippen LogP contribution < -0.4 is 4.74 Å². The number of nitro benzene ring substituents is 1. The molecular weight excluding hydrogens is 246 g/mol. The Morgan fingerprint density at radius 1 is 1.16 bits per heavy atom. The second kappa shape index (κ2) is 4.41. The Morgan fingerprint density at radius 2 is 1.95 bits per heavy atom. The van der Waals surface area contributed by atoms with Gasteiger partial charge in [0.15, 0.2) is 5.75 Å². The predicted molar refractivity (Wildman–Crippen MR) is 69.3 cm³/mol. The molecule has 3 aromatic rings. The lowest BCUT2D eigenvalue weighted by Crippen LogP contribution is -1.89. The van der Waals surface area contributed by atoms with Crippen LogP contribution in [0, 0.1) is 10.1 Å². The zero-order chi connectivity index (χ0) is 13.2. The average molecular weight is 255 g/mol. The molecule has 19 heavy (non-hydrogen) atoms. The van der Waals surface area contributed by atoms with Crippen LogP contribution >= 0.6 is 0 Å². The summed E-state index contributed by atoms with van der Waals surface area (Å²) in [6, 6.07) is 9.52. The highest BCUT2D eigenvalue weighted by Crippen LogP contribution is 2.28. The average Bonchev–Trinajstić information content (AvgIpc) is 2.89. The maximum Gasteiger partial charge on any atom is 0.269 e. The lowest BCUT2D eigenvalue weighted by molar-refractivity contribution is -0.384. The SMILES string of the molecule is O=[N+]([O-])c1ccc(Oc2ccnc3cc[nH]c23)cc1. The van der Waals surface area contributed by atoms with E-state index in [1.165, 1.54) is 12.1 Å². The molecule has 6 heteroatoms. The molecule has 0 fully saturated rings. The fourth-order valence-electron chi connectivity index (χ4n) is 1.78. The molecule has 2 aromatic heterocycles. The Bertz CT molecular complexity index is 734. The maximum absolute atomic E-state index is 10.6. The summed E-state index contributed by atoms with van der Waals surface area (Å²) in [4.78, 5) is 17.3. The number of benzene rings is 1. The highest BCUT2D eigenvalue weighted by atomic mass is 16.6. The topological polar surface area (TPSA) is 81.1 Å². The minimum atomic E-state index is -0.445. The molecule has 0 aliphatic heterocycles. The molecule has 2 heterocycles. The van der Waals surface area contributed by atoms with E-state index in [1.807, 2.05) is 6.07 Å². The van der Waals surface area contributed by atoms with Gasteiger partial charge in [-0.2, -0.15) is 0 Å². The van der Waals surface area contributed by atoms with Crippen LogP contribution in [0.25, 0.3) is 11.0 Å². The first-order valence-electron chi connectivity index (χ1n) is 5.58. The van der Waals surface area contributed by atoms with Crippen LogP contribution in [0.5, 0.6) is 11.5 Å². The molecule has 0 spiro atoms. The van der Waals surface area contributed by atoms with E-state index < -0.39 is 4.92 Å². The van der Waals surface area contributed by atoms with E-state index >= 15 is 0 Å². The molecule has 0 atom stereocenters. The number of H-pyrrole nitrogens is 1. The molecule has 0 amide bonds. The van der Waals surface area contributed by atoms with Crippen molar-refractivity contribution >= 4 is 16.7 Å². The first kappa shape index (κ1) is 11.2. The molecule has 3 rings (SSSR count). The molecule has 0 unspecified atom stereocenters. The van der Waals surface area contributed by atoms with Crippen molar-refractivity contribution in [1.29, 1.82) is 0 Å². The minimum absolute atomic E-state index is 0.0344. The van der Waals surface area contributed by atoms with Crippen LogP contribution in [0.2, 0.25) is 0 Å². The van der Waals surface area contributed by atoms with Crippen LogP contribution in [-0.2, 0) is 0 Å². The summed E-state index contributed by atoms with van der Waals surface area (Å²) >= 11 is 0. The van der Waals surface area contributed by atoms with Crippen molar-refractivity contribution in [2.24, 2.45) is 0 Å². The monoisotopic (exact) mass is 255 g/mol. The fraction of sp³-hybridized carbons (Fsp3) is 0. The Balaban J connectivity index is 1.92. The van der Waals surface area contributed by atoms with Gasteiger partial charge in [0, 0.05) is 30.6 Å². The molecule has 0 aliphatic rings. The molecule has 1 N–H and O–H groups in total. The summed E-state index contributed by atoms with van der Waals surface area (Å²) in [7, 11) is 0. The van der Waals surface area contributed by atoms with Crippen LogP contribution in [0.4, 0.5) is 5.69 Å². The van der Waals surface area contributed by atoms with Crippen molar-refractivity contribution in [2.45, 2.75) is 0 Å². The Kier molecular flexibility index (Phi) is 2.60. The zero-order valence-corrected chi connectivity index (χ0v) is 9.74. The van der Waals surface area contributed by atoms with E-state index in [0.717, 1.165) is 11.0 Å². The number of non-ortho nitro benzene ring substituents is 1. The summed E-state index contributed by atoms with van der Waals surface area (Å²) in [5, 5.41) is 10.6. The Labute approximate surface area is 107 Å². The number of nitrogens with zero attached hydrogens (tertiary/aromatic N) is 2. The van der Waals surface area contributed by atoms with Gasteiger partial charge in [-0.3, -0.25) is 15.1 Å². The second-order valence-corrected chi connectivity index (χ2v) is 3.90. The number of nitro groups is 1. The number of nitrogens with one attached hydrogen (secondary N) is 1. The lowest BCUT2D eigenvalue weighted by Gasteiger charge is -2.06. The van der Waals surface area contributed by atoms with Gasteiger partial charge in [-0.15, -0.1) is 0 Å². The molecular formula is C13H9N3O3. The Morgan fingerprint density at radius 3 is 2.68 bits per heavy atom. The maximum atomic E-state index is 10.6. The van der Waals surface area contributed by atoms with Crippen LogP contribution in [0.1, 0.15) is 0 Å². The van der Waals surface area contributed by atoms with Gasteiger partial charge in [0.25, 0.3) is 5.69 Å². The van der Waals surface area contributed by atoms with Crippen LogP contribution in [0.15, 0.2) is 48.8 Å². The van der Waals surface area contributed by atoms with E-state index in [4.69, 9.17) is 4.74 Å². The number of rotatable bonds is 3. The number of hydrogen-bond acceptors (Lipinski definition) is 4. The zero-order valence-electron chi connectivity index (χ0n) is 9.74. The summed E-state index contributed by atoms with van der Waals surface area (Å²) in [6.07, 6.45) is 3.43. The van der Waals surface area contributed by atoms with Gasteiger partial charge in [0.1, 0.15) is 11.3 Å². The molecule has 0 saturated heterocycles. The number of hydrogen-bond donors (Lipinski definition) is 1. The van der Waals surface area contributed by atoms with Crippen molar-refractivity contribution < 1.29 is 9.66 Å². The van der Waals surface area contributed by atoms with Crippen LogP contribution in [0.3, 0.4) is 0 Å². The summed E-state index contributed by atoms with van der Waals surface area (Å²) in [6.45, 7) is 0. The quantitative estimate of drug-likeness (QED) is 0.575. The van der Waals surface area contributed by atoms with Gasteiger partial charge >= 0.3 is 0 Å². The predicted octanol–water partition coefficient (Wildman–Crippen LogP) is 3.26. The van der Waals surface area contributed by atoms with Crippen molar-refractivity contribution in [3.63, 3.8) is 0 Å². The molecule has 0 saturated carbocycles. The minimum Gasteiger partial charge on any atom is -0.455 e. The first-order valence-corrected chi connectivity index (χ1v) is 5.58. The van der Waals surface area contributed by atoms with E-state index in [1.54, 1.807) is 30.6 Å². The third-order valence-corrected chi connectivity index (χ3v) is 2.69. The molecule has 1 aromatic carbocycles.